The third-order valence-corrected chi connectivity index (χ3v) is 4.73. The lowest BCUT2D eigenvalue weighted by atomic mass is 10.1. The molecule has 2 N–H and O–H groups in total. The van der Waals surface area contributed by atoms with Gasteiger partial charge in [-0.1, -0.05) is 11.6 Å². The zero-order valence-electron chi connectivity index (χ0n) is 11.1. The lowest BCUT2D eigenvalue weighted by Crippen LogP contribution is -2.08. The summed E-state index contributed by atoms with van der Waals surface area (Å²) in [5.41, 5.74) is 3.19. The van der Waals surface area contributed by atoms with Crippen molar-refractivity contribution in [3.8, 4) is 0 Å². The number of hydrogen-bond donors (Lipinski definition) is 2. The molecule has 0 saturated carbocycles. The van der Waals surface area contributed by atoms with E-state index in [4.69, 9.17) is 11.6 Å². The predicted octanol–water partition coefficient (Wildman–Crippen LogP) is 4.46. The van der Waals surface area contributed by atoms with Crippen molar-refractivity contribution < 1.29 is 4.79 Å². The second kappa shape index (κ2) is 5.46. The fourth-order valence-electron chi connectivity index (χ4n) is 2.53. The highest BCUT2D eigenvalue weighted by Crippen LogP contribution is 2.40. The second-order valence-corrected chi connectivity index (χ2v) is 6.69. The Morgan fingerprint density at radius 1 is 1.30 bits per heavy atom. The van der Waals surface area contributed by atoms with Gasteiger partial charge in [0.15, 0.2) is 0 Å². The van der Waals surface area contributed by atoms with Crippen molar-refractivity contribution in [3.63, 3.8) is 0 Å². The molecule has 1 heterocycles. The molecule has 104 valence electrons. The zero-order chi connectivity index (χ0) is 14.1. The van der Waals surface area contributed by atoms with E-state index in [0.717, 1.165) is 28.6 Å². The van der Waals surface area contributed by atoms with Crippen molar-refractivity contribution in [2.45, 2.75) is 25.8 Å². The molecular weight excluding hydrogens is 292 g/mol. The molecule has 3 rings (SSSR count). The summed E-state index contributed by atoms with van der Waals surface area (Å²) in [5, 5.41) is 6.29. The van der Waals surface area contributed by atoms with Crippen LogP contribution >= 0.6 is 22.9 Å². The summed E-state index contributed by atoms with van der Waals surface area (Å²) in [7, 11) is 0. The molecular formula is C15H15ClN2OS. The number of rotatable bonds is 3. The van der Waals surface area contributed by atoms with E-state index >= 15 is 0 Å². The largest absolute Gasteiger partial charge is 0.378 e. The number of thiophene rings is 1. The number of amides is 1. The molecule has 1 aliphatic rings. The van der Waals surface area contributed by atoms with Crippen LogP contribution in [0.4, 0.5) is 11.4 Å². The molecule has 0 bridgehead atoms. The normalized spacial score (nSPS) is 16.8. The first-order valence-corrected chi connectivity index (χ1v) is 7.73. The van der Waals surface area contributed by atoms with Crippen LogP contribution in [0.1, 0.15) is 29.8 Å². The summed E-state index contributed by atoms with van der Waals surface area (Å²) in [4.78, 5) is 12.4. The molecule has 2 aromatic rings. The molecule has 5 heteroatoms. The van der Waals surface area contributed by atoms with Gasteiger partial charge in [-0.15, -0.1) is 11.3 Å². The Kier molecular flexibility index (Phi) is 3.68. The lowest BCUT2D eigenvalue weighted by molar-refractivity contribution is -0.114. The van der Waals surface area contributed by atoms with E-state index in [1.165, 1.54) is 17.4 Å². The van der Waals surface area contributed by atoms with Gasteiger partial charge in [0.2, 0.25) is 5.91 Å². The van der Waals surface area contributed by atoms with Crippen molar-refractivity contribution in [1.29, 1.82) is 0 Å². The Hall–Kier alpha value is -1.52. The molecule has 1 aromatic heterocycles. The third-order valence-electron chi connectivity index (χ3n) is 3.39. The Morgan fingerprint density at radius 2 is 2.00 bits per heavy atom. The van der Waals surface area contributed by atoms with Gasteiger partial charge in [-0.2, -0.15) is 0 Å². The summed E-state index contributed by atoms with van der Waals surface area (Å²) in [5.74, 6) is -0.0564. The minimum absolute atomic E-state index is 0.0564. The maximum Gasteiger partial charge on any atom is 0.221 e. The molecule has 0 fully saturated rings. The summed E-state index contributed by atoms with van der Waals surface area (Å²) < 4.78 is 0.863. The summed E-state index contributed by atoms with van der Waals surface area (Å²) in [6, 6.07) is 10.2. The van der Waals surface area contributed by atoms with Crippen molar-refractivity contribution >= 4 is 40.2 Å². The van der Waals surface area contributed by atoms with Gasteiger partial charge in [0.1, 0.15) is 0 Å². The number of nitrogens with one attached hydrogen (secondary N) is 2. The first kappa shape index (κ1) is 13.5. The van der Waals surface area contributed by atoms with Gasteiger partial charge in [0.05, 0.1) is 10.4 Å². The first-order chi connectivity index (χ1) is 9.61. The number of anilines is 2. The van der Waals surface area contributed by atoms with E-state index in [9.17, 15) is 4.79 Å². The average molecular weight is 307 g/mol. The highest BCUT2D eigenvalue weighted by molar-refractivity contribution is 7.16. The fraction of sp³-hybridized carbons (Fsp3) is 0.267. The highest BCUT2D eigenvalue weighted by Gasteiger charge is 2.24. The van der Waals surface area contributed by atoms with Gasteiger partial charge >= 0.3 is 0 Å². The Morgan fingerprint density at radius 3 is 2.70 bits per heavy atom. The molecule has 0 aliphatic heterocycles. The maximum atomic E-state index is 11.0. The van der Waals surface area contributed by atoms with Crippen LogP contribution < -0.4 is 10.6 Å². The zero-order valence-corrected chi connectivity index (χ0v) is 12.6. The lowest BCUT2D eigenvalue weighted by Gasteiger charge is -2.15. The van der Waals surface area contributed by atoms with Crippen LogP contribution in [-0.4, -0.2) is 5.91 Å². The molecule has 1 amide bonds. The van der Waals surface area contributed by atoms with Gasteiger partial charge in [0, 0.05) is 23.2 Å². The van der Waals surface area contributed by atoms with Crippen LogP contribution in [0.3, 0.4) is 0 Å². The number of aryl methyl sites for hydroxylation is 1. The molecule has 0 radical (unpaired) electrons. The average Bonchev–Trinajstić information content (AvgIpc) is 2.92. The van der Waals surface area contributed by atoms with E-state index < -0.39 is 0 Å². The number of hydrogen-bond acceptors (Lipinski definition) is 3. The predicted molar refractivity (Wildman–Crippen MR) is 84.8 cm³/mol. The van der Waals surface area contributed by atoms with Gasteiger partial charge < -0.3 is 10.6 Å². The monoisotopic (exact) mass is 306 g/mol. The topological polar surface area (TPSA) is 41.1 Å². The minimum Gasteiger partial charge on any atom is -0.378 e. The molecule has 1 aliphatic carbocycles. The standard InChI is InChI=1S/C15H15ClN2OS/c1-9(19)17-10-2-4-11(5-3-10)18-13-6-7-14-12(13)8-15(16)20-14/h2-5,8,13,18H,6-7H2,1H3,(H,17,19). The van der Waals surface area contributed by atoms with Crippen LogP contribution in [0.15, 0.2) is 30.3 Å². The summed E-state index contributed by atoms with van der Waals surface area (Å²) in [6.45, 7) is 1.51. The molecule has 0 saturated heterocycles. The smallest absolute Gasteiger partial charge is 0.221 e. The molecule has 1 atom stereocenters. The Balaban J connectivity index is 1.71. The third kappa shape index (κ3) is 2.81. The minimum atomic E-state index is -0.0564. The summed E-state index contributed by atoms with van der Waals surface area (Å²) >= 11 is 7.74. The summed E-state index contributed by atoms with van der Waals surface area (Å²) in [6.07, 6.45) is 2.19. The number of halogens is 1. The van der Waals surface area contributed by atoms with E-state index in [1.807, 2.05) is 24.3 Å². The molecule has 20 heavy (non-hydrogen) atoms. The van der Waals surface area contributed by atoms with Crippen molar-refractivity contribution in [3.05, 3.63) is 45.1 Å². The van der Waals surface area contributed by atoms with E-state index in [0.29, 0.717) is 6.04 Å². The number of carbonyl (C=O) groups is 1. The van der Waals surface area contributed by atoms with Crippen LogP contribution in [0, 0.1) is 0 Å². The molecule has 1 unspecified atom stereocenters. The van der Waals surface area contributed by atoms with E-state index in [2.05, 4.69) is 16.7 Å². The van der Waals surface area contributed by atoms with Crippen molar-refractivity contribution in [1.82, 2.24) is 0 Å². The van der Waals surface area contributed by atoms with Crippen molar-refractivity contribution in [2.24, 2.45) is 0 Å². The van der Waals surface area contributed by atoms with E-state index in [1.54, 1.807) is 11.3 Å². The molecule has 0 spiro atoms. The fourth-order valence-corrected chi connectivity index (χ4v) is 3.89. The van der Waals surface area contributed by atoms with E-state index in [-0.39, 0.29) is 5.91 Å². The number of fused-ring (bicyclic) bond motifs is 1. The van der Waals surface area contributed by atoms with Gasteiger partial charge in [0.25, 0.3) is 0 Å². The van der Waals surface area contributed by atoms with Gasteiger partial charge in [-0.3, -0.25) is 4.79 Å². The van der Waals surface area contributed by atoms with Crippen molar-refractivity contribution in [2.75, 3.05) is 10.6 Å². The molecule has 1 aromatic carbocycles. The highest BCUT2D eigenvalue weighted by atomic mass is 35.5. The molecule has 3 nitrogen and oxygen atoms in total. The first-order valence-electron chi connectivity index (χ1n) is 6.54. The SMILES string of the molecule is CC(=O)Nc1ccc(NC2CCc3sc(Cl)cc32)cc1. The number of carbonyl (C=O) groups excluding carboxylic acids is 1. The maximum absolute atomic E-state index is 11.0. The quantitative estimate of drug-likeness (QED) is 0.879. The van der Waals surface area contributed by atoms with Gasteiger partial charge in [-0.25, -0.2) is 0 Å². The van der Waals surface area contributed by atoms with Crippen LogP contribution in [0.2, 0.25) is 4.34 Å². The second-order valence-electron chi connectivity index (χ2n) is 4.92. The van der Waals surface area contributed by atoms with Crippen LogP contribution in [0.5, 0.6) is 0 Å². The Bertz CT molecular complexity index is 636. The van der Waals surface area contributed by atoms with Crippen LogP contribution in [-0.2, 0) is 11.2 Å². The van der Waals surface area contributed by atoms with Crippen LogP contribution in [0.25, 0.3) is 0 Å². The Labute approximate surface area is 127 Å². The number of benzene rings is 1. The van der Waals surface area contributed by atoms with Gasteiger partial charge in [-0.05, 0) is 48.7 Å².